The van der Waals surface area contributed by atoms with Crippen LogP contribution in [-0.4, -0.2) is 27.0 Å². The Kier molecular flexibility index (Phi) is 5.53. The highest BCUT2D eigenvalue weighted by Crippen LogP contribution is 2.36. The number of aromatic nitrogens is 2. The Balaban J connectivity index is 1.79. The van der Waals surface area contributed by atoms with Crippen LogP contribution in [-0.2, 0) is 6.54 Å². The van der Waals surface area contributed by atoms with Crippen molar-refractivity contribution in [3.63, 3.8) is 0 Å². The minimum absolute atomic E-state index is 0.180. The highest BCUT2D eigenvalue weighted by molar-refractivity contribution is 5.78. The standard InChI is InChI=1S/C23H25FN4O2/c1-3-12-25-23(30)28(15(2)16-7-5-4-6-8-16)20-11-13-27-21(20)26-19-10-9-17(24)14-18(19)22(27)29/h4-10,14-15,20H,3,11-13H2,1-2H3,(H,25,30). The molecule has 0 radical (unpaired) electrons. The van der Waals surface area contributed by atoms with E-state index in [9.17, 15) is 14.0 Å². The molecule has 30 heavy (non-hydrogen) atoms. The Morgan fingerprint density at radius 3 is 2.80 bits per heavy atom. The number of amides is 2. The number of urea groups is 1. The van der Waals surface area contributed by atoms with Gasteiger partial charge in [0, 0.05) is 13.1 Å². The molecule has 2 atom stereocenters. The van der Waals surface area contributed by atoms with Gasteiger partial charge in [0.25, 0.3) is 5.56 Å². The van der Waals surface area contributed by atoms with Gasteiger partial charge in [0.15, 0.2) is 0 Å². The average Bonchev–Trinajstić information content (AvgIpc) is 3.17. The topological polar surface area (TPSA) is 67.2 Å². The Hall–Kier alpha value is -3.22. The van der Waals surface area contributed by atoms with Crippen LogP contribution in [0.25, 0.3) is 10.9 Å². The van der Waals surface area contributed by atoms with Crippen molar-refractivity contribution in [2.45, 2.75) is 45.3 Å². The fourth-order valence-corrected chi connectivity index (χ4v) is 4.13. The first-order valence-electron chi connectivity index (χ1n) is 10.3. The first kappa shape index (κ1) is 20.1. The van der Waals surface area contributed by atoms with E-state index in [0.29, 0.717) is 30.9 Å². The minimum Gasteiger partial charge on any atom is -0.338 e. The van der Waals surface area contributed by atoms with E-state index in [4.69, 9.17) is 0 Å². The summed E-state index contributed by atoms with van der Waals surface area (Å²) >= 11 is 0. The molecule has 0 spiro atoms. The summed E-state index contributed by atoms with van der Waals surface area (Å²) in [6.45, 7) is 5.00. The van der Waals surface area contributed by atoms with Crippen molar-refractivity contribution in [2.24, 2.45) is 0 Å². The molecular formula is C23H25FN4O2. The molecule has 156 valence electrons. The molecule has 1 aliphatic rings. The van der Waals surface area contributed by atoms with E-state index in [1.54, 1.807) is 9.47 Å². The summed E-state index contributed by atoms with van der Waals surface area (Å²) in [6.07, 6.45) is 1.41. The molecule has 1 aliphatic heterocycles. The number of nitrogens with zero attached hydrogens (tertiary/aromatic N) is 3. The molecule has 2 heterocycles. The second-order valence-corrected chi connectivity index (χ2v) is 7.62. The summed E-state index contributed by atoms with van der Waals surface area (Å²) in [4.78, 5) is 32.6. The average molecular weight is 408 g/mol. The summed E-state index contributed by atoms with van der Waals surface area (Å²) in [6, 6.07) is 13.1. The van der Waals surface area contributed by atoms with Gasteiger partial charge < -0.3 is 10.2 Å². The normalized spacial score (nSPS) is 16.3. The van der Waals surface area contributed by atoms with Crippen molar-refractivity contribution in [3.05, 3.63) is 76.1 Å². The van der Waals surface area contributed by atoms with E-state index in [1.165, 1.54) is 18.2 Å². The smallest absolute Gasteiger partial charge is 0.318 e. The Morgan fingerprint density at radius 2 is 2.07 bits per heavy atom. The predicted molar refractivity (Wildman–Crippen MR) is 114 cm³/mol. The lowest BCUT2D eigenvalue weighted by Gasteiger charge is -2.34. The fourth-order valence-electron chi connectivity index (χ4n) is 4.13. The van der Waals surface area contributed by atoms with Crippen LogP contribution in [0.5, 0.6) is 0 Å². The molecule has 1 N–H and O–H groups in total. The predicted octanol–water partition coefficient (Wildman–Crippen LogP) is 4.16. The highest BCUT2D eigenvalue weighted by Gasteiger charge is 2.37. The summed E-state index contributed by atoms with van der Waals surface area (Å²) in [5.41, 5.74) is 1.19. The molecule has 0 saturated heterocycles. The van der Waals surface area contributed by atoms with Crippen molar-refractivity contribution in [1.82, 2.24) is 19.8 Å². The molecule has 0 aliphatic carbocycles. The summed E-state index contributed by atoms with van der Waals surface area (Å²) in [5.74, 6) is 0.0864. The van der Waals surface area contributed by atoms with Crippen LogP contribution in [0.2, 0.25) is 0 Å². The molecule has 7 heteroatoms. The molecule has 0 fully saturated rings. The first-order valence-corrected chi connectivity index (χ1v) is 10.3. The second kappa shape index (κ2) is 8.26. The van der Waals surface area contributed by atoms with Gasteiger partial charge in [-0.2, -0.15) is 0 Å². The van der Waals surface area contributed by atoms with Crippen LogP contribution in [0.3, 0.4) is 0 Å². The third-order valence-corrected chi connectivity index (χ3v) is 5.67. The number of fused-ring (bicyclic) bond motifs is 2. The zero-order chi connectivity index (χ0) is 21.3. The number of hydrogen-bond donors (Lipinski definition) is 1. The largest absolute Gasteiger partial charge is 0.338 e. The number of nitrogens with one attached hydrogen (secondary N) is 1. The highest BCUT2D eigenvalue weighted by atomic mass is 19.1. The Morgan fingerprint density at radius 1 is 1.30 bits per heavy atom. The van der Waals surface area contributed by atoms with Crippen LogP contribution < -0.4 is 10.9 Å². The number of carbonyl (C=O) groups is 1. The second-order valence-electron chi connectivity index (χ2n) is 7.62. The van der Waals surface area contributed by atoms with Gasteiger partial charge in [-0.3, -0.25) is 9.36 Å². The maximum atomic E-state index is 13.7. The van der Waals surface area contributed by atoms with Gasteiger partial charge in [-0.1, -0.05) is 37.3 Å². The lowest BCUT2D eigenvalue weighted by molar-refractivity contribution is 0.147. The van der Waals surface area contributed by atoms with E-state index in [2.05, 4.69) is 10.3 Å². The third kappa shape index (κ3) is 3.56. The van der Waals surface area contributed by atoms with Crippen LogP contribution in [0.15, 0.2) is 53.3 Å². The lowest BCUT2D eigenvalue weighted by Crippen LogP contribution is -2.44. The van der Waals surface area contributed by atoms with Crippen molar-refractivity contribution in [1.29, 1.82) is 0 Å². The van der Waals surface area contributed by atoms with E-state index in [0.717, 1.165) is 12.0 Å². The number of rotatable bonds is 5. The third-order valence-electron chi connectivity index (χ3n) is 5.67. The van der Waals surface area contributed by atoms with Crippen molar-refractivity contribution < 1.29 is 9.18 Å². The Bertz CT molecular complexity index is 1130. The number of carbonyl (C=O) groups excluding carboxylic acids is 1. The van der Waals surface area contributed by atoms with Crippen LogP contribution in [0.4, 0.5) is 9.18 Å². The van der Waals surface area contributed by atoms with Crippen LogP contribution in [0.1, 0.15) is 50.2 Å². The van der Waals surface area contributed by atoms with Crippen LogP contribution in [0, 0.1) is 5.82 Å². The minimum atomic E-state index is -0.463. The number of halogens is 1. The molecule has 6 nitrogen and oxygen atoms in total. The van der Waals surface area contributed by atoms with Crippen molar-refractivity contribution in [3.8, 4) is 0 Å². The molecule has 0 bridgehead atoms. The molecular weight excluding hydrogens is 383 g/mol. The van der Waals surface area contributed by atoms with E-state index in [1.807, 2.05) is 44.2 Å². The van der Waals surface area contributed by atoms with E-state index >= 15 is 0 Å². The van der Waals surface area contributed by atoms with Crippen molar-refractivity contribution in [2.75, 3.05) is 6.54 Å². The monoisotopic (exact) mass is 408 g/mol. The van der Waals surface area contributed by atoms with E-state index < -0.39 is 5.82 Å². The molecule has 4 rings (SSSR count). The zero-order valence-electron chi connectivity index (χ0n) is 17.1. The molecule has 2 unspecified atom stereocenters. The molecule has 3 aromatic rings. The quantitative estimate of drug-likeness (QED) is 0.689. The van der Waals surface area contributed by atoms with Gasteiger partial charge in [0.2, 0.25) is 0 Å². The van der Waals surface area contributed by atoms with Gasteiger partial charge >= 0.3 is 6.03 Å². The fraction of sp³-hybridized carbons (Fsp3) is 0.348. The van der Waals surface area contributed by atoms with Gasteiger partial charge in [-0.05, 0) is 43.5 Å². The van der Waals surface area contributed by atoms with Gasteiger partial charge in [-0.25, -0.2) is 14.2 Å². The van der Waals surface area contributed by atoms with Gasteiger partial charge in [-0.15, -0.1) is 0 Å². The SMILES string of the molecule is CCCNC(=O)N(C(C)c1ccccc1)C1CCn2c1nc1ccc(F)cc1c2=O. The van der Waals surface area contributed by atoms with Gasteiger partial charge in [0.05, 0.1) is 23.0 Å². The lowest BCUT2D eigenvalue weighted by atomic mass is 10.0. The molecule has 0 saturated carbocycles. The zero-order valence-corrected chi connectivity index (χ0v) is 17.1. The Labute approximate surface area is 174 Å². The van der Waals surface area contributed by atoms with E-state index in [-0.39, 0.29) is 29.1 Å². The molecule has 2 amide bonds. The number of hydrogen-bond acceptors (Lipinski definition) is 3. The van der Waals surface area contributed by atoms with Gasteiger partial charge in [0.1, 0.15) is 11.6 Å². The molecule has 2 aromatic carbocycles. The maximum Gasteiger partial charge on any atom is 0.318 e. The maximum absolute atomic E-state index is 13.7. The van der Waals surface area contributed by atoms with Crippen molar-refractivity contribution >= 4 is 16.9 Å². The number of benzene rings is 2. The summed E-state index contributed by atoms with van der Waals surface area (Å²) in [5, 5.41) is 3.23. The van der Waals surface area contributed by atoms with Crippen LogP contribution >= 0.6 is 0 Å². The first-order chi connectivity index (χ1) is 14.5. The summed E-state index contributed by atoms with van der Waals surface area (Å²) in [7, 11) is 0. The molecule has 1 aromatic heterocycles. The summed E-state index contributed by atoms with van der Waals surface area (Å²) < 4.78 is 15.2.